The highest BCUT2D eigenvalue weighted by atomic mass is 19.3. The number of aliphatic hydroxyl groups is 1. The van der Waals surface area contributed by atoms with Crippen LogP contribution in [-0.4, -0.2) is 30.9 Å². The molecule has 1 N–H and O–H groups in total. The molecule has 0 spiro atoms. The quantitative estimate of drug-likeness (QED) is 0.797. The summed E-state index contributed by atoms with van der Waals surface area (Å²) >= 11 is 0. The number of alkyl halides is 2. The Kier molecular flexibility index (Phi) is 4.84. The standard InChI is InChI=1S/C11H12F2O4/c1-16-10(15)9(14)6-7-2-4-8(5-3-7)17-11(12)13/h2-5,9,11,14H,6H2,1H3. The third-order valence-corrected chi connectivity index (χ3v) is 2.05. The number of hydrogen-bond acceptors (Lipinski definition) is 4. The summed E-state index contributed by atoms with van der Waals surface area (Å²) in [7, 11) is 1.17. The van der Waals surface area contributed by atoms with Crippen LogP contribution < -0.4 is 4.74 Å². The molecular weight excluding hydrogens is 234 g/mol. The average Bonchev–Trinajstić information content (AvgIpc) is 2.30. The lowest BCUT2D eigenvalue weighted by Crippen LogP contribution is -2.24. The Bertz CT molecular complexity index is 364. The van der Waals surface area contributed by atoms with Gasteiger partial charge in [0, 0.05) is 6.42 Å². The number of ether oxygens (including phenoxy) is 2. The second kappa shape index (κ2) is 6.15. The van der Waals surface area contributed by atoms with Gasteiger partial charge in [-0.1, -0.05) is 12.1 Å². The molecule has 1 aromatic rings. The Balaban J connectivity index is 2.59. The van der Waals surface area contributed by atoms with Crippen LogP contribution >= 0.6 is 0 Å². The van der Waals surface area contributed by atoms with E-state index in [9.17, 15) is 18.7 Å². The van der Waals surface area contributed by atoms with Gasteiger partial charge in [0.1, 0.15) is 5.75 Å². The molecule has 17 heavy (non-hydrogen) atoms. The van der Waals surface area contributed by atoms with E-state index in [2.05, 4.69) is 9.47 Å². The molecule has 1 aromatic carbocycles. The van der Waals surface area contributed by atoms with E-state index in [1.165, 1.54) is 31.4 Å². The van der Waals surface area contributed by atoms with Gasteiger partial charge in [-0.25, -0.2) is 4.79 Å². The van der Waals surface area contributed by atoms with Crippen molar-refractivity contribution in [2.75, 3.05) is 7.11 Å². The number of aliphatic hydroxyl groups excluding tert-OH is 1. The second-order valence-electron chi connectivity index (χ2n) is 3.27. The first-order chi connectivity index (χ1) is 8.02. The largest absolute Gasteiger partial charge is 0.467 e. The minimum absolute atomic E-state index is 0.0244. The fourth-order valence-corrected chi connectivity index (χ4v) is 1.25. The molecule has 0 saturated heterocycles. The van der Waals surface area contributed by atoms with Crippen molar-refractivity contribution >= 4 is 5.97 Å². The molecule has 0 aromatic heterocycles. The molecule has 0 aliphatic rings. The molecule has 1 atom stereocenters. The van der Waals surface area contributed by atoms with Crippen LogP contribution in [0.15, 0.2) is 24.3 Å². The first-order valence-electron chi connectivity index (χ1n) is 4.82. The Morgan fingerprint density at radius 2 is 1.94 bits per heavy atom. The first kappa shape index (κ1) is 13.4. The van der Waals surface area contributed by atoms with E-state index in [1.54, 1.807) is 0 Å². The van der Waals surface area contributed by atoms with E-state index < -0.39 is 18.7 Å². The second-order valence-corrected chi connectivity index (χ2v) is 3.27. The minimum atomic E-state index is -2.87. The van der Waals surface area contributed by atoms with Crippen molar-refractivity contribution in [1.29, 1.82) is 0 Å². The number of methoxy groups -OCH3 is 1. The van der Waals surface area contributed by atoms with E-state index in [0.717, 1.165) is 0 Å². The van der Waals surface area contributed by atoms with Crippen LogP contribution in [0.2, 0.25) is 0 Å². The number of rotatable bonds is 5. The number of hydrogen-bond donors (Lipinski definition) is 1. The lowest BCUT2D eigenvalue weighted by Gasteiger charge is -2.09. The van der Waals surface area contributed by atoms with Crippen molar-refractivity contribution in [3.8, 4) is 5.75 Å². The summed E-state index contributed by atoms with van der Waals surface area (Å²) in [6.45, 7) is -2.87. The van der Waals surface area contributed by atoms with Gasteiger partial charge < -0.3 is 14.6 Å². The van der Waals surface area contributed by atoms with Gasteiger partial charge in [0.25, 0.3) is 0 Å². The number of halogens is 2. The van der Waals surface area contributed by atoms with Crippen molar-refractivity contribution in [2.24, 2.45) is 0 Å². The highest BCUT2D eigenvalue weighted by molar-refractivity contribution is 5.74. The Labute approximate surface area is 96.8 Å². The predicted octanol–water partition coefficient (Wildman–Crippen LogP) is 1.36. The summed E-state index contributed by atoms with van der Waals surface area (Å²) in [4.78, 5) is 10.9. The Hall–Kier alpha value is -1.69. The predicted molar refractivity (Wildman–Crippen MR) is 54.8 cm³/mol. The number of carbonyl (C=O) groups excluding carboxylic acids is 1. The van der Waals surface area contributed by atoms with Crippen molar-refractivity contribution in [1.82, 2.24) is 0 Å². The summed E-state index contributed by atoms with van der Waals surface area (Å²) in [6, 6.07) is 5.66. The highest BCUT2D eigenvalue weighted by Crippen LogP contribution is 2.15. The van der Waals surface area contributed by atoms with Crippen molar-refractivity contribution in [3.63, 3.8) is 0 Å². The molecule has 0 fully saturated rings. The molecular formula is C11H12F2O4. The SMILES string of the molecule is COC(=O)C(O)Cc1ccc(OC(F)F)cc1. The van der Waals surface area contributed by atoms with E-state index in [1.807, 2.05) is 0 Å². The maximum Gasteiger partial charge on any atom is 0.387 e. The molecule has 94 valence electrons. The summed E-state index contributed by atoms with van der Waals surface area (Å²) in [5.41, 5.74) is 0.615. The van der Waals surface area contributed by atoms with Crippen LogP contribution in [0.4, 0.5) is 8.78 Å². The van der Waals surface area contributed by atoms with Gasteiger partial charge in [-0.15, -0.1) is 0 Å². The normalized spacial score (nSPS) is 12.3. The average molecular weight is 246 g/mol. The molecule has 0 aliphatic carbocycles. The van der Waals surface area contributed by atoms with Gasteiger partial charge >= 0.3 is 12.6 Å². The lowest BCUT2D eigenvalue weighted by molar-refractivity contribution is -0.150. The summed E-state index contributed by atoms with van der Waals surface area (Å²) in [5.74, 6) is -0.714. The lowest BCUT2D eigenvalue weighted by atomic mass is 10.1. The third kappa shape index (κ3) is 4.36. The monoisotopic (exact) mass is 246 g/mol. The van der Waals surface area contributed by atoms with Crippen molar-refractivity contribution < 1.29 is 28.2 Å². The van der Waals surface area contributed by atoms with Crippen molar-refractivity contribution in [3.05, 3.63) is 29.8 Å². The fourth-order valence-electron chi connectivity index (χ4n) is 1.25. The molecule has 0 saturated carbocycles. The van der Waals surface area contributed by atoms with Crippen molar-refractivity contribution in [2.45, 2.75) is 19.1 Å². The topological polar surface area (TPSA) is 55.8 Å². The molecule has 0 bridgehead atoms. The molecule has 0 amide bonds. The van der Waals surface area contributed by atoms with Crippen LogP contribution in [0.3, 0.4) is 0 Å². The van der Waals surface area contributed by atoms with Gasteiger partial charge in [0.05, 0.1) is 7.11 Å². The molecule has 6 heteroatoms. The molecule has 0 aliphatic heterocycles. The van der Waals surface area contributed by atoms with E-state index in [0.29, 0.717) is 5.56 Å². The van der Waals surface area contributed by atoms with E-state index >= 15 is 0 Å². The smallest absolute Gasteiger partial charge is 0.387 e. The van der Waals surface area contributed by atoms with Crippen LogP contribution in [0.25, 0.3) is 0 Å². The van der Waals surface area contributed by atoms with Crippen LogP contribution in [0.5, 0.6) is 5.75 Å². The van der Waals surface area contributed by atoms with Crippen LogP contribution in [0.1, 0.15) is 5.56 Å². The molecule has 1 unspecified atom stereocenters. The summed E-state index contributed by atoms with van der Waals surface area (Å²) in [5, 5.41) is 9.36. The number of benzene rings is 1. The maximum atomic E-state index is 11.9. The molecule has 0 heterocycles. The molecule has 1 rings (SSSR count). The Morgan fingerprint density at radius 3 is 2.41 bits per heavy atom. The summed E-state index contributed by atoms with van der Waals surface area (Å²) < 4.78 is 32.2. The van der Waals surface area contributed by atoms with Gasteiger partial charge in [-0.05, 0) is 17.7 Å². The molecule has 0 radical (unpaired) electrons. The number of esters is 1. The zero-order chi connectivity index (χ0) is 12.8. The molecule has 4 nitrogen and oxygen atoms in total. The van der Waals surface area contributed by atoms with E-state index in [4.69, 9.17) is 0 Å². The highest BCUT2D eigenvalue weighted by Gasteiger charge is 2.15. The van der Waals surface area contributed by atoms with Crippen LogP contribution in [-0.2, 0) is 16.0 Å². The third-order valence-electron chi connectivity index (χ3n) is 2.05. The summed E-state index contributed by atoms with van der Waals surface area (Å²) in [6.07, 6.45) is -1.20. The van der Waals surface area contributed by atoms with Gasteiger partial charge in [0.15, 0.2) is 6.10 Å². The van der Waals surface area contributed by atoms with Gasteiger partial charge in [0.2, 0.25) is 0 Å². The minimum Gasteiger partial charge on any atom is -0.467 e. The van der Waals surface area contributed by atoms with Gasteiger partial charge in [-0.2, -0.15) is 8.78 Å². The fraction of sp³-hybridized carbons (Fsp3) is 0.364. The first-order valence-corrected chi connectivity index (χ1v) is 4.82. The Morgan fingerprint density at radius 1 is 1.35 bits per heavy atom. The zero-order valence-electron chi connectivity index (χ0n) is 9.10. The van der Waals surface area contributed by atoms with E-state index in [-0.39, 0.29) is 12.2 Å². The maximum absolute atomic E-state index is 11.9. The van der Waals surface area contributed by atoms with Crippen LogP contribution in [0, 0.1) is 0 Å². The zero-order valence-corrected chi connectivity index (χ0v) is 9.10. The van der Waals surface area contributed by atoms with Gasteiger partial charge in [-0.3, -0.25) is 0 Å². The number of carbonyl (C=O) groups is 1.